The number of methoxy groups -OCH3 is 1. The smallest absolute Gasteiger partial charge is 0.174 e. The number of nitrogens with zero attached hydrogens (tertiary/aromatic N) is 1. The van der Waals surface area contributed by atoms with Crippen LogP contribution in [0, 0.1) is 5.92 Å². The summed E-state index contributed by atoms with van der Waals surface area (Å²) in [6.07, 6.45) is 2.07. The Bertz CT molecular complexity index is 778. The number of ketones is 1. The Morgan fingerprint density at radius 1 is 1.50 bits per heavy atom. The molecule has 2 heterocycles. The van der Waals surface area contributed by atoms with Gasteiger partial charge in [0.05, 0.1) is 7.11 Å². The third-order valence-corrected chi connectivity index (χ3v) is 6.31. The van der Waals surface area contributed by atoms with Crippen LogP contribution in [0.25, 0.3) is 0 Å². The van der Waals surface area contributed by atoms with Gasteiger partial charge >= 0.3 is 0 Å². The van der Waals surface area contributed by atoms with E-state index in [-0.39, 0.29) is 23.2 Å². The second kappa shape index (κ2) is 4.05. The molecule has 4 aliphatic rings. The van der Waals surface area contributed by atoms with E-state index in [9.17, 15) is 4.79 Å². The van der Waals surface area contributed by atoms with E-state index < -0.39 is 13.1 Å². The lowest BCUT2D eigenvalue weighted by Gasteiger charge is -2.57. The summed E-state index contributed by atoms with van der Waals surface area (Å²) in [5.41, 5.74) is 1.86. The molecule has 4 atom stereocenters. The number of likely N-dealkylation sites (N-methyl/N-ethyl adjacent to an activating group) is 1. The van der Waals surface area contributed by atoms with Crippen LogP contribution in [0.1, 0.15) is 34.5 Å². The van der Waals surface area contributed by atoms with Crippen molar-refractivity contribution < 1.29 is 18.4 Å². The third kappa shape index (κ3) is 1.27. The van der Waals surface area contributed by atoms with Crippen LogP contribution in [0.2, 0.25) is 0 Å². The molecule has 5 rings (SSSR count). The number of hydrogen-bond donors (Lipinski definition) is 0. The summed E-state index contributed by atoms with van der Waals surface area (Å²) in [4.78, 5) is 14.4. The van der Waals surface area contributed by atoms with Crippen LogP contribution in [0.15, 0.2) is 12.1 Å². The summed E-state index contributed by atoms with van der Waals surface area (Å²) in [6, 6.07) is 3.84. The number of carbonyl (C=O) groups excluding carboxylic acids is 1. The number of carbonyl (C=O) groups is 1. The zero-order valence-corrected chi connectivity index (χ0v) is 12.6. The number of ether oxygens (including phenoxy) is 2. The van der Waals surface area contributed by atoms with Crippen molar-refractivity contribution >= 4 is 5.78 Å². The Morgan fingerprint density at radius 2 is 2.41 bits per heavy atom. The first-order chi connectivity index (χ1) is 11.9. The minimum Gasteiger partial charge on any atom is -0.493 e. The molecule has 2 aliphatic carbocycles. The molecule has 116 valence electrons. The summed E-state index contributed by atoms with van der Waals surface area (Å²) in [5, 5.41) is 0. The van der Waals surface area contributed by atoms with E-state index in [4.69, 9.17) is 13.6 Å². The Labute approximate surface area is 134 Å². The molecule has 0 amide bonds. The van der Waals surface area contributed by atoms with E-state index in [1.807, 2.05) is 12.1 Å². The number of benzene rings is 1. The molecule has 2 fully saturated rings. The standard InChI is InChI=1S/C18H21NO3/c1-19-8-7-18-11-4-5-13(20)17(18)22-16-14(21-2)6-3-10(15(16)18)9-12(11)19/h3,6,11-12,17H,4-5,7-9H2,1-2H3/t11-,12+,17-,18-/m0/s1/i1D3. The predicted octanol–water partition coefficient (Wildman–Crippen LogP) is 1.93. The van der Waals surface area contributed by atoms with Crippen molar-refractivity contribution in [3.8, 4) is 11.5 Å². The molecule has 1 aromatic rings. The summed E-state index contributed by atoms with van der Waals surface area (Å²) < 4.78 is 35.5. The van der Waals surface area contributed by atoms with Crippen LogP contribution < -0.4 is 9.47 Å². The molecule has 4 nitrogen and oxygen atoms in total. The van der Waals surface area contributed by atoms with Crippen molar-refractivity contribution in [3.63, 3.8) is 0 Å². The van der Waals surface area contributed by atoms with Crippen LogP contribution in [-0.4, -0.2) is 43.5 Å². The highest BCUT2D eigenvalue weighted by molar-refractivity contribution is 5.89. The van der Waals surface area contributed by atoms with Crippen LogP contribution in [0.5, 0.6) is 11.5 Å². The van der Waals surface area contributed by atoms with Gasteiger partial charge in [0.25, 0.3) is 0 Å². The largest absolute Gasteiger partial charge is 0.493 e. The lowest BCUT2D eigenvalue weighted by atomic mass is 9.52. The lowest BCUT2D eigenvalue weighted by molar-refractivity contribution is -0.138. The van der Waals surface area contributed by atoms with Crippen molar-refractivity contribution in [1.82, 2.24) is 4.90 Å². The zero-order valence-electron chi connectivity index (χ0n) is 15.6. The van der Waals surface area contributed by atoms with E-state index in [2.05, 4.69) is 0 Å². The first kappa shape index (κ1) is 10.3. The summed E-state index contributed by atoms with van der Waals surface area (Å²) in [7, 11) is 1.61. The van der Waals surface area contributed by atoms with Gasteiger partial charge in [0.1, 0.15) is 0 Å². The van der Waals surface area contributed by atoms with Gasteiger partial charge in [-0.3, -0.25) is 4.79 Å². The first-order valence-electron chi connectivity index (χ1n) is 9.54. The number of rotatable bonds is 1. The highest BCUT2D eigenvalue weighted by Gasteiger charge is 2.65. The average molecular weight is 302 g/mol. The molecule has 1 aromatic carbocycles. The van der Waals surface area contributed by atoms with Gasteiger partial charge in [0.15, 0.2) is 23.4 Å². The first-order valence-corrected chi connectivity index (χ1v) is 8.04. The van der Waals surface area contributed by atoms with E-state index in [0.29, 0.717) is 37.3 Å². The molecule has 0 N–H and O–H groups in total. The van der Waals surface area contributed by atoms with Gasteiger partial charge in [-0.1, -0.05) is 6.07 Å². The van der Waals surface area contributed by atoms with Crippen LogP contribution in [-0.2, 0) is 16.6 Å². The molecular weight excluding hydrogens is 278 g/mol. The maximum absolute atomic E-state index is 12.7. The molecule has 0 aromatic heterocycles. The van der Waals surface area contributed by atoms with E-state index >= 15 is 0 Å². The molecule has 1 saturated carbocycles. The Balaban J connectivity index is 1.74. The Kier molecular flexibility index (Phi) is 1.89. The van der Waals surface area contributed by atoms with Crippen molar-refractivity contribution in [2.75, 3.05) is 20.6 Å². The molecule has 0 unspecified atom stereocenters. The minimum absolute atomic E-state index is 0.0627. The van der Waals surface area contributed by atoms with E-state index in [0.717, 1.165) is 17.5 Å². The molecular formula is C18H21NO3. The van der Waals surface area contributed by atoms with Crippen LogP contribution >= 0.6 is 0 Å². The highest BCUT2D eigenvalue weighted by Crippen LogP contribution is 2.62. The van der Waals surface area contributed by atoms with Crippen molar-refractivity contribution in [2.45, 2.75) is 43.2 Å². The number of piperidine rings is 1. The molecule has 22 heavy (non-hydrogen) atoms. The summed E-state index contributed by atoms with van der Waals surface area (Å²) >= 11 is 0. The molecule has 4 heteroatoms. The molecule has 2 bridgehead atoms. The summed E-state index contributed by atoms with van der Waals surface area (Å²) in [6.45, 7) is -1.63. The van der Waals surface area contributed by atoms with Crippen LogP contribution in [0.4, 0.5) is 0 Å². The third-order valence-electron chi connectivity index (χ3n) is 6.31. The molecule has 1 saturated heterocycles. The monoisotopic (exact) mass is 302 g/mol. The summed E-state index contributed by atoms with van der Waals surface area (Å²) in [5.74, 6) is 1.67. The Hall–Kier alpha value is -1.55. The van der Waals surface area contributed by atoms with Gasteiger partial charge in [-0.25, -0.2) is 0 Å². The SMILES string of the molecule is [2H]C([2H])([2H])N1CC[C@]23c4c5ccc(OC)c4O[C@H]2C(=O)CC[C@H]3[C@H]1C5. The fourth-order valence-corrected chi connectivity index (χ4v) is 5.48. The molecule has 1 spiro atoms. The fraction of sp³-hybridized carbons (Fsp3) is 0.611. The van der Waals surface area contributed by atoms with E-state index in [1.54, 1.807) is 12.0 Å². The second-order valence-corrected chi connectivity index (χ2v) is 7.00. The fourth-order valence-electron chi connectivity index (χ4n) is 5.48. The van der Waals surface area contributed by atoms with Gasteiger partial charge in [0, 0.05) is 27.6 Å². The topological polar surface area (TPSA) is 38.8 Å². The van der Waals surface area contributed by atoms with Crippen molar-refractivity contribution in [2.24, 2.45) is 5.92 Å². The van der Waals surface area contributed by atoms with E-state index in [1.165, 1.54) is 0 Å². The quantitative estimate of drug-likeness (QED) is 0.794. The number of hydrogen-bond acceptors (Lipinski definition) is 4. The van der Waals surface area contributed by atoms with Crippen molar-refractivity contribution in [1.29, 1.82) is 0 Å². The maximum atomic E-state index is 12.7. The normalized spacial score (nSPS) is 41.0. The minimum atomic E-state index is -2.10. The number of Topliss-reactive ketones (excluding diaryl/α,β-unsaturated/α-hetero) is 1. The molecule has 2 aliphatic heterocycles. The van der Waals surface area contributed by atoms with Gasteiger partial charge < -0.3 is 14.4 Å². The van der Waals surface area contributed by atoms with Crippen molar-refractivity contribution in [3.05, 3.63) is 23.3 Å². The lowest BCUT2D eigenvalue weighted by Crippen LogP contribution is -2.65. The maximum Gasteiger partial charge on any atom is 0.174 e. The van der Waals surface area contributed by atoms with Gasteiger partial charge in [-0.2, -0.15) is 0 Å². The van der Waals surface area contributed by atoms with Gasteiger partial charge in [0.2, 0.25) is 0 Å². The average Bonchev–Trinajstić information content (AvgIpc) is 2.89. The second-order valence-electron chi connectivity index (χ2n) is 7.00. The highest BCUT2D eigenvalue weighted by atomic mass is 16.5. The van der Waals surface area contributed by atoms with Crippen LogP contribution in [0.3, 0.4) is 0 Å². The Morgan fingerprint density at radius 3 is 3.23 bits per heavy atom. The zero-order chi connectivity index (χ0) is 17.6. The molecule has 0 radical (unpaired) electrons. The number of likely N-dealkylation sites (tertiary alicyclic amines) is 1. The van der Waals surface area contributed by atoms with Gasteiger partial charge in [-0.05, 0) is 50.3 Å². The van der Waals surface area contributed by atoms with Gasteiger partial charge in [-0.15, -0.1) is 0 Å². The predicted molar refractivity (Wildman–Crippen MR) is 81.6 cm³/mol.